The minimum atomic E-state index is 0.845. The van der Waals surface area contributed by atoms with Crippen LogP contribution in [0.3, 0.4) is 0 Å². The topological polar surface area (TPSA) is 30.2 Å². The fraction of sp³-hybridized carbons (Fsp3) is 0. The van der Waals surface area contributed by atoms with E-state index in [1.807, 2.05) is 18.3 Å². The first-order chi connectivity index (χ1) is 4.86. The molecule has 4 heteroatoms. The van der Waals surface area contributed by atoms with Gasteiger partial charge >= 0.3 is 0 Å². The Balaban J connectivity index is 2.86. The first-order valence-electron chi connectivity index (χ1n) is 2.84. The van der Waals surface area contributed by atoms with E-state index in [0.717, 1.165) is 10.5 Å². The number of aromatic nitrogens is 3. The summed E-state index contributed by atoms with van der Waals surface area (Å²) in [5.41, 5.74) is 0.845. The predicted molar refractivity (Wildman–Crippen MR) is 40.2 cm³/mol. The van der Waals surface area contributed by atoms with Crippen molar-refractivity contribution in [3.63, 3.8) is 0 Å². The van der Waals surface area contributed by atoms with Gasteiger partial charge in [0.1, 0.15) is 6.33 Å². The van der Waals surface area contributed by atoms with Crippen molar-refractivity contribution in [1.82, 2.24) is 14.6 Å². The summed E-state index contributed by atoms with van der Waals surface area (Å²) in [4.78, 5) is 4.86. The fourth-order valence-corrected chi connectivity index (χ4v) is 0.990. The van der Waals surface area contributed by atoms with Crippen LogP contribution in [0.2, 0.25) is 0 Å². The molecule has 0 spiro atoms. The van der Waals surface area contributed by atoms with Crippen LogP contribution >= 0.6 is 12.6 Å². The molecule has 0 unspecified atom stereocenters. The molecule has 10 heavy (non-hydrogen) atoms. The van der Waals surface area contributed by atoms with Crippen molar-refractivity contribution in [2.45, 2.75) is 4.90 Å². The molecule has 50 valence electrons. The quantitative estimate of drug-likeness (QED) is 0.570. The normalized spacial score (nSPS) is 10.5. The lowest BCUT2D eigenvalue weighted by Gasteiger charge is -1.90. The number of hydrogen-bond donors (Lipinski definition) is 1. The highest BCUT2D eigenvalue weighted by atomic mass is 32.1. The second-order valence-corrected chi connectivity index (χ2v) is 2.47. The Morgan fingerprint density at radius 3 is 3.20 bits per heavy atom. The third kappa shape index (κ3) is 0.769. The average Bonchev–Trinajstić information content (AvgIpc) is 2.33. The lowest BCUT2D eigenvalue weighted by molar-refractivity contribution is 0.941. The van der Waals surface area contributed by atoms with E-state index in [1.54, 1.807) is 4.52 Å². The summed E-state index contributed by atoms with van der Waals surface area (Å²) in [7, 11) is 0. The van der Waals surface area contributed by atoms with Gasteiger partial charge in [-0.25, -0.2) is 9.50 Å². The van der Waals surface area contributed by atoms with Gasteiger partial charge in [-0.15, -0.1) is 12.6 Å². The van der Waals surface area contributed by atoms with E-state index in [0.29, 0.717) is 0 Å². The number of fused-ring (bicyclic) bond motifs is 1. The molecule has 0 N–H and O–H groups in total. The van der Waals surface area contributed by atoms with Gasteiger partial charge in [0.25, 0.3) is 0 Å². The second-order valence-electron chi connectivity index (χ2n) is 1.95. The standard InChI is InChI=1S/C6H5N3S/c10-5-1-2-6-7-4-8-9(6)3-5/h1-4,10H. The highest BCUT2D eigenvalue weighted by Crippen LogP contribution is 2.05. The lowest BCUT2D eigenvalue weighted by Crippen LogP contribution is -1.84. The summed E-state index contributed by atoms with van der Waals surface area (Å²) in [6.07, 6.45) is 3.33. The highest BCUT2D eigenvalue weighted by Gasteiger charge is 1.91. The van der Waals surface area contributed by atoms with Gasteiger partial charge in [-0.1, -0.05) is 0 Å². The summed E-state index contributed by atoms with van der Waals surface area (Å²) >= 11 is 4.15. The molecule has 0 saturated heterocycles. The van der Waals surface area contributed by atoms with Crippen molar-refractivity contribution < 1.29 is 0 Å². The highest BCUT2D eigenvalue weighted by molar-refractivity contribution is 7.80. The summed E-state index contributed by atoms with van der Waals surface area (Å²) in [6, 6.07) is 3.75. The van der Waals surface area contributed by atoms with E-state index in [4.69, 9.17) is 0 Å². The van der Waals surface area contributed by atoms with Crippen molar-refractivity contribution >= 4 is 18.3 Å². The van der Waals surface area contributed by atoms with Crippen LogP contribution in [0, 0.1) is 0 Å². The summed E-state index contributed by atoms with van der Waals surface area (Å²) in [5, 5.41) is 3.94. The number of thiol groups is 1. The average molecular weight is 151 g/mol. The molecule has 0 atom stereocenters. The number of rotatable bonds is 0. The van der Waals surface area contributed by atoms with Gasteiger partial charge in [-0.3, -0.25) is 0 Å². The fourth-order valence-electron chi connectivity index (χ4n) is 0.806. The molecule has 2 rings (SSSR count). The van der Waals surface area contributed by atoms with Crippen LogP contribution in [0.15, 0.2) is 29.6 Å². The maximum Gasteiger partial charge on any atom is 0.155 e. The molecule has 3 nitrogen and oxygen atoms in total. The van der Waals surface area contributed by atoms with Crippen molar-refractivity contribution in [1.29, 1.82) is 0 Å². The lowest BCUT2D eigenvalue weighted by atomic mass is 10.5. The molecule has 0 fully saturated rings. The van der Waals surface area contributed by atoms with Crippen molar-refractivity contribution in [2.75, 3.05) is 0 Å². The molecule has 2 aromatic rings. The Morgan fingerprint density at radius 1 is 1.40 bits per heavy atom. The zero-order valence-electron chi connectivity index (χ0n) is 5.10. The molecule has 0 aliphatic heterocycles. The predicted octanol–water partition coefficient (Wildman–Crippen LogP) is 1.02. The van der Waals surface area contributed by atoms with Crippen LogP contribution in [0.25, 0.3) is 5.65 Å². The van der Waals surface area contributed by atoms with E-state index in [9.17, 15) is 0 Å². The molecular weight excluding hydrogens is 146 g/mol. The molecule has 0 saturated carbocycles. The van der Waals surface area contributed by atoms with E-state index in [1.165, 1.54) is 6.33 Å². The molecule has 2 aromatic heterocycles. The van der Waals surface area contributed by atoms with Gasteiger partial charge in [-0.05, 0) is 12.1 Å². The van der Waals surface area contributed by atoms with Crippen LogP contribution in [-0.2, 0) is 0 Å². The Kier molecular flexibility index (Phi) is 1.14. The van der Waals surface area contributed by atoms with Crippen LogP contribution in [0.5, 0.6) is 0 Å². The first-order valence-corrected chi connectivity index (χ1v) is 3.29. The Hall–Kier alpha value is -1.03. The van der Waals surface area contributed by atoms with Gasteiger partial charge in [0.15, 0.2) is 5.65 Å². The number of hydrogen-bond acceptors (Lipinski definition) is 3. The maximum atomic E-state index is 4.15. The molecule has 2 heterocycles. The Bertz CT molecular complexity index is 355. The third-order valence-electron chi connectivity index (χ3n) is 1.26. The zero-order valence-corrected chi connectivity index (χ0v) is 5.99. The number of pyridine rings is 1. The summed E-state index contributed by atoms with van der Waals surface area (Å²) < 4.78 is 1.68. The second kappa shape index (κ2) is 1.98. The minimum Gasteiger partial charge on any atom is -0.220 e. The largest absolute Gasteiger partial charge is 0.220 e. The molecule has 0 bridgehead atoms. The number of nitrogens with zero attached hydrogens (tertiary/aromatic N) is 3. The molecule has 0 aliphatic rings. The smallest absolute Gasteiger partial charge is 0.155 e. The molecule has 0 aromatic carbocycles. The Morgan fingerprint density at radius 2 is 2.30 bits per heavy atom. The van der Waals surface area contributed by atoms with Crippen LogP contribution in [0.1, 0.15) is 0 Å². The molecular formula is C6H5N3S. The van der Waals surface area contributed by atoms with Gasteiger partial charge in [0, 0.05) is 11.1 Å². The van der Waals surface area contributed by atoms with Crippen LogP contribution in [0.4, 0.5) is 0 Å². The first kappa shape index (κ1) is 5.73. The van der Waals surface area contributed by atoms with Crippen LogP contribution in [-0.4, -0.2) is 14.6 Å². The van der Waals surface area contributed by atoms with Crippen molar-refractivity contribution in [3.05, 3.63) is 24.7 Å². The van der Waals surface area contributed by atoms with Crippen LogP contribution < -0.4 is 0 Å². The Labute approximate surface area is 63.1 Å². The van der Waals surface area contributed by atoms with Gasteiger partial charge in [-0.2, -0.15) is 5.10 Å². The third-order valence-corrected chi connectivity index (χ3v) is 1.52. The van der Waals surface area contributed by atoms with E-state index >= 15 is 0 Å². The van der Waals surface area contributed by atoms with Crippen molar-refractivity contribution in [2.24, 2.45) is 0 Å². The van der Waals surface area contributed by atoms with E-state index < -0.39 is 0 Å². The van der Waals surface area contributed by atoms with Gasteiger partial charge < -0.3 is 0 Å². The SMILES string of the molecule is Sc1ccc2ncnn2c1. The summed E-state index contributed by atoms with van der Waals surface area (Å²) in [5.74, 6) is 0. The molecule has 0 aliphatic carbocycles. The van der Waals surface area contributed by atoms with Crippen molar-refractivity contribution in [3.8, 4) is 0 Å². The maximum absolute atomic E-state index is 4.15. The molecule has 0 amide bonds. The molecule has 0 radical (unpaired) electrons. The van der Waals surface area contributed by atoms with Gasteiger partial charge in [0.2, 0.25) is 0 Å². The zero-order chi connectivity index (χ0) is 6.97. The van der Waals surface area contributed by atoms with E-state index in [2.05, 4.69) is 22.7 Å². The minimum absolute atomic E-state index is 0.845. The summed E-state index contributed by atoms with van der Waals surface area (Å²) in [6.45, 7) is 0. The monoisotopic (exact) mass is 151 g/mol. The van der Waals surface area contributed by atoms with Gasteiger partial charge in [0.05, 0.1) is 0 Å². The van der Waals surface area contributed by atoms with E-state index in [-0.39, 0.29) is 0 Å².